The molecule has 0 spiro atoms. The van der Waals surface area contributed by atoms with Crippen LogP contribution in [0.25, 0.3) is 66.6 Å². The lowest BCUT2D eigenvalue weighted by molar-refractivity contribution is 0.472. The molecule has 0 aliphatic carbocycles. The van der Waals surface area contributed by atoms with Crippen LogP contribution in [0.3, 0.4) is 0 Å². The zero-order chi connectivity index (χ0) is 33.7. The Bertz CT molecular complexity index is 2700. The number of nitrogens with one attached hydrogen (secondary N) is 1. The molecule has 4 heteroatoms. The van der Waals surface area contributed by atoms with Gasteiger partial charge in [-0.3, -0.25) is 0 Å². The van der Waals surface area contributed by atoms with E-state index in [4.69, 9.17) is 9.47 Å². The van der Waals surface area contributed by atoms with Crippen LogP contribution in [0.4, 0.5) is 0 Å². The molecule has 3 heterocycles. The second-order valence-electron chi connectivity index (χ2n) is 12.9. The smallest absolute Gasteiger partial charge is 0.136 e. The van der Waals surface area contributed by atoms with E-state index in [-0.39, 0.29) is 0 Å². The summed E-state index contributed by atoms with van der Waals surface area (Å²) >= 11 is 0. The Kier molecular flexibility index (Phi) is 6.85. The number of hydrogen-bond acceptors (Lipinski definition) is 3. The van der Waals surface area contributed by atoms with Gasteiger partial charge in [-0.15, -0.1) is 0 Å². The molecule has 0 amide bonds. The summed E-state index contributed by atoms with van der Waals surface area (Å²) in [5.74, 6) is 3.06. The van der Waals surface area contributed by atoms with Crippen LogP contribution in [-0.4, -0.2) is 11.1 Å². The van der Waals surface area contributed by atoms with Crippen molar-refractivity contribution >= 4 is 27.5 Å². The van der Waals surface area contributed by atoms with Crippen LogP contribution in [0.1, 0.15) is 5.56 Å². The minimum absolute atomic E-state index is 0.760. The summed E-state index contributed by atoms with van der Waals surface area (Å²) in [6.45, 7) is 0.787. The normalized spacial score (nSPS) is 13.1. The maximum Gasteiger partial charge on any atom is 0.136 e. The average Bonchev–Trinajstić information content (AvgIpc) is 3.54. The predicted molar refractivity (Wildman–Crippen MR) is 209 cm³/mol. The monoisotopic (exact) mass is 656 g/mol. The topological polar surface area (TPSA) is 35.4 Å². The Hall–Kier alpha value is -6.78. The van der Waals surface area contributed by atoms with Gasteiger partial charge in [0.15, 0.2) is 0 Å². The number of rotatable bonds is 3. The van der Waals surface area contributed by atoms with Crippen molar-refractivity contribution in [3.05, 3.63) is 182 Å². The first kappa shape index (κ1) is 29.2. The summed E-state index contributed by atoms with van der Waals surface area (Å²) in [4.78, 5) is 0. The quantitative estimate of drug-likeness (QED) is 0.206. The number of fused-ring (bicyclic) bond motifs is 9. The Morgan fingerprint density at radius 2 is 1.14 bits per heavy atom. The van der Waals surface area contributed by atoms with E-state index in [0.717, 1.165) is 90.9 Å². The minimum atomic E-state index is 0.760. The largest absolute Gasteiger partial charge is 0.456 e. The number of dihydropyridines is 1. The second-order valence-corrected chi connectivity index (χ2v) is 12.9. The van der Waals surface area contributed by atoms with E-state index >= 15 is 0 Å². The van der Waals surface area contributed by atoms with Crippen molar-refractivity contribution in [2.24, 2.45) is 0 Å². The molecule has 1 N–H and O–H groups in total. The van der Waals surface area contributed by atoms with E-state index in [2.05, 4.69) is 162 Å². The van der Waals surface area contributed by atoms with Crippen molar-refractivity contribution in [3.8, 4) is 62.1 Å². The molecule has 7 aromatic carbocycles. The first-order valence-corrected chi connectivity index (χ1v) is 17.3. The highest BCUT2D eigenvalue weighted by Crippen LogP contribution is 2.51. The SMILES string of the molecule is C1=CCNC(c2ccc3c(c2)Oc2cccc(-c4cccc5c4c4ccccc4n5-c4ccccc4)c2-c2ccccc2Oc2ccccc2-3)=C1. The fourth-order valence-electron chi connectivity index (χ4n) is 7.65. The molecule has 0 saturated heterocycles. The maximum absolute atomic E-state index is 7.17. The van der Waals surface area contributed by atoms with Gasteiger partial charge in [-0.2, -0.15) is 0 Å². The van der Waals surface area contributed by atoms with Crippen molar-refractivity contribution in [2.45, 2.75) is 0 Å². The third-order valence-corrected chi connectivity index (χ3v) is 9.90. The van der Waals surface area contributed by atoms with E-state index < -0.39 is 0 Å². The minimum Gasteiger partial charge on any atom is -0.456 e. The van der Waals surface area contributed by atoms with Crippen molar-refractivity contribution in [3.63, 3.8) is 0 Å². The summed E-state index contributed by atoms with van der Waals surface area (Å²) in [5.41, 5.74) is 11.6. The second kappa shape index (κ2) is 12.0. The number of para-hydroxylation sites is 4. The van der Waals surface area contributed by atoms with E-state index in [1.807, 2.05) is 24.3 Å². The first-order chi connectivity index (χ1) is 25.3. The summed E-state index contributed by atoms with van der Waals surface area (Å²) in [6, 6.07) is 55.2. The molecule has 1 aromatic heterocycles. The van der Waals surface area contributed by atoms with E-state index in [1.54, 1.807) is 0 Å². The van der Waals surface area contributed by atoms with Crippen LogP contribution in [0, 0.1) is 0 Å². The van der Waals surface area contributed by atoms with Crippen molar-refractivity contribution in [2.75, 3.05) is 6.54 Å². The molecule has 51 heavy (non-hydrogen) atoms. The van der Waals surface area contributed by atoms with Gasteiger partial charge in [-0.1, -0.05) is 115 Å². The molecule has 8 aromatic rings. The molecule has 0 fully saturated rings. The summed E-state index contributed by atoms with van der Waals surface area (Å²) in [6.07, 6.45) is 6.31. The van der Waals surface area contributed by atoms with Gasteiger partial charge in [-0.25, -0.2) is 0 Å². The van der Waals surface area contributed by atoms with Gasteiger partial charge in [-0.05, 0) is 71.8 Å². The van der Waals surface area contributed by atoms with Crippen molar-refractivity contribution < 1.29 is 9.47 Å². The molecule has 242 valence electrons. The molecule has 10 rings (SSSR count). The number of aromatic nitrogens is 1. The number of hydrogen-bond donors (Lipinski definition) is 1. The Balaban J connectivity index is 1.26. The highest BCUT2D eigenvalue weighted by Gasteiger charge is 2.25. The number of ether oxygens (including phenoxy) is 2. The Labute approximate surface area is 296 Å². The fraction of sp³-hybridized carbons (Fsp3) is 0.0213. The van der Waals surface area contributed by atoms with E-state index in [9.17, 15) is 0 Å². The number of allylic oxidation sites excluding steroid dienone is 2. The van der Waals surface area contributed by atoms with Crippen molar-refractivity contribution in [1.82, 2.24) is 9.88 Å². The third kappa shape index (κ3) is 4.84. The van der Waals surface area contributed by atoms with E-state index in [1.165, 1.54) is 10.8 Å². The highest BCUT2D eigenvalue weighted by atomic mass is 16.5. The predicted octanol–water partition coefficient (Wildman–Crippen LogP) is 12.2. The van der Waals surface area contributed by atoms with Gasteiger partial charge in [0.2, 0.25) is 0 Å². The Morgan fingerprint density at radius 1 is 0.490 bits per heavy atom. The Morgan fingerprint density at radius 3 is 2.00 bits per heavy atom. The van der Waals surface area contributed by atoms with E-state index in [0.29, 0.717) is 0 Å². The van der Waals surface area contributed by atoms with Crippen LogP contribution in [-0.2, 0) is 0 Å². The number of nitrogens with zero attached hydrogens (tertiary/aromatic N) is 1. The zero-order valence-corrected chi connectivity index (χ0v) is 27.7. The highest BCUT2D eigenvalue weighted by molar-refractivity contribution is 6.17. The third-order valence-electron chi connectivity index (χ3n) is 9.90. The van der Waals surface area contributed by atoms with Gasteiger partial charge in [0, 0.05) is 56.5 Å². The lowest BCUT2D eigenvalue weighted by Crippen LogP contribution is -2.14. The molecule has 0 unspecified atom stereocenters. The van der Waals surface area contributed by atoms with Crippen LogP contribution >= 0.6 is 0 Å². The maximum atomic E-state index is 7.17. The fourth-order valence-corrected chi connectivity index (χ4v) is 7.65. The molecule has 0 bridgehead atoms. The van der Waals surface area contributed by atoms with Crippen LogP contribution in [0.5, 0.6) is 23.0 Å². The molecule has 2 aliphatic rings. The average molecular weight is 657 g/mol. The first-order valence-electron chi connectivity index (χ1n) is 17.3. The molecule has 0 atom stereocenters. The molecule has 0 saturated carbocycles. The number of benzene rings is 7. The van der Waals surface area contributed by atoms with Gasteiger partial charge in [0.1, 0.15) is 23.0 Å². The molecule has 4 nitrogen and oxygen atoms in total. The summed E-state index contributed by atoms with van der Waals surface area (Å²) in [5, 5.41) is 5.90. The molecular weight excluding hydrogens is 625 g/mol. The van der Waals surface area contributed by atoms with Crippen LogP contribution in [0.15, 0.2) is 176 Å². The van der Waals surface area contributed by atoms with Gasteiger partial charge < -0.3 is 19.4 Å². The van der Waals surface area contributed by atoms with Crippen LogP contribution < -0.4 is 14.8 Å². The van der Waals surface area contributed by atoms with Crippen LogP contribution in [0.2, 0.25) is 0 Å². The molecular formula is C47H32N2O2. The summed E-state index contributed by atoms with van der Waals surface area (Å²) < 4.78 is 16.4. The lowest BCUT2D eigenvalue weighted by atomic mass is 9.90. The summed E-state index contributed by atoms with van der Waals surface area (Å²) in [7, 11) is 0. The lowest BCUT2D eigenvalue weighted by Gasteiger charge is -2.24. The van der Waals surface area contributed by atoms with Gasteiger partial charge >= 0.3 is 0 Å². The van der Waals surface area contributed by atoms with Crippen molar-refractivity contribution in [1.29, 1.82) is 0 Å². The standard InChI is InChI=1S/C47H32N2O2/c1-2-14-32(15-3-1)49-40-22-7-4-17-37(40)46-35(19-12-23-41(46)49)36-20-13-26-44-47(36)38-18-6-9-25-43(38)50-42-24-8-5-16-33(42)34-28-27-31(30-45(34)51-44)39-21-10-11-29-48-39/h1-28,30,48H,29H2. The van der Waals surface area contributed by atoms with Gasteiger partial charge in [0.25, 0.3) is 0 Å². The van der Waals surface area contributed by atoms with Gasteiger partial charge in [0.05, 0.1) is 11.0 Å². The zero-order valence-electron chi connectivity index (χ0n) is 27.7. The molecule has 2 aliphatic heterocycles. The molecule has 0 radical (unpaired) electrons.